The van der Waals surface area contributed by atoms with Crippen molar-refractivity contribution in [3.63, 3.8) is 0 Å². The van der Waals surface area contributed by atoms with Gasteiger partial charge < -0.3 is 25.0 Å². The fraction of sp³-hybridized carbons (Fsp3) is 0.500. The third kappa shape index (κ3) is 9.09. The highest BCUT2D eigenvalue weighted by Gasteiger charge is 2.62. The SMILES string of the molecule is CC(C)(C)OC(=O)N[C@H]1CCCCC/C=C\[C@@H]2C[C@@]2(C(=O)NS(=O)(=O)c2cc(F)ccc2F)NC(=O)[C@@H]2C[C@@H](OC(=O)N3Cc4ccccc4C3)CN2C1=O. The Balaban J connectivity index is 1.27. The number of nitrogens with one attached hydrogen (secondary N) is 3. The Hall–Kier alpha value is -5.06. The molecule has 3 heterocycles. The standard InChI is InChI=1S/C38H45F2N5O9S/c1-37(2,3)54-35(49)41-29-14-8-6-4-5-7-13-25-19-38(25,34(48)43-55(51,52)31-17-26(39)15-16-28(31)40)42-32(46)30-18-27(22-45(30)33(29)47)53-36(50)44-20-23-11-9-10-12-24(23)21-44/h7,9-13,15-17,25,27,29-30H,4-6,8,14,18-22H2,1-3H3,(H,41,49)(H,42,46)(H,43,48)/b13-7-/t25-,27-,29+,30+,38-/m1/s1. The Morgan fingerprint density at radius 1 is 1.00 bits per heavy atom. The van der Waals surface area contributed by atoms with Gasteiger partial charge in [-0.2, -0.15) is 0 Å². The lowest BCUT2D eigenvalue weighted by atomic mass is 10.0. The van der Waals surface area contributed by atoms with Gasteiger partial charge in [0.1, 0.15) is 45.9 Å². The summed E-state index contributed by atoms with van der Waals surface area (Å²) in [6.45, 7) is 5.43. The van der Waals surface area contributed by atoms with E-state index in [2.05, 4.69) is 10.6 Å². The molecule has 1 saturated carbocycles. The van der Waals surface area contributed by atoms with Crippen molar-refractivity contribution >= 4 is 39.9 Å². The van der Waals surface area contributed by atoms with Gasteiger partial charge in [-0.15, -0.1) is 0 Å². The van der Waals surface area contributed by atoms with Crippen molar-refractivity contribution < 1.29 is 50.6 Å². The van der Waals surface area contributed by atoms with E-state index < -0.39 is 91.7 Å². The molecule has 4 aliphatic rings. The zero-order valence-corrected chi connectivity index (χ0v) is 31.6. The summed E-state index contributed by atoms with van der Waals surface area (Å²) < 4.78 is 67.8. The van der Waals surface area contributed by atoms with Crippen LogP contribution in [0.4, 0.5) is 18.4 Å². The number of rotatable bonds is 5. The van der Waals surface area contributed by atoms with Crippen molar-refractivity contribution in [2.75, 3.05) is 6.54 Å². The molecular formula is C38H45F2N5O9S. The molecule has 6 rings (SSSR count). The van der Waals surface area contributed by atoms with Gasteiger partial charge in [0, 0.05) is 25.4 Å². The predicted octanol–water partition coefficient (Wildman–Crippen LogP) is 4.18. The minimum Gasteiger partial charge on any atom is -0.444 e. The second-order valence-electron chi connectivity index (χ2n) is 15.4. The highest BCUT2D eigenvalue weighted by Crippen LogP contribution is 2.46. The zero-order valence-electron chi connectivity index (χ0n) is 30.8. The third-order valence-corrected chi connectivity index (χ3v) is 11.5. The van der Waals surface area contributed by atoms with Crippen LogP contribution in [-0.2, 0) is 47.0 Å². The summed E-state index contributed by atoms with van der Waals surface area (Å²) in [6, 6.07) is 6.89. The van der Waals surface area contributed by atoms with E-state index in [0.717, 1.165) is 17.2 Å². The molecule has 0 unspecified atom stereocenters. The molecule has 14 nitrogen and oxygen atoms in total. The first-order chi connectivity index (χ1) is 26.0. The van der Waals surface area contributed by atoms with Gasteiger partial charge in [0.15, 0.2) is 0 Å². The zero-order chi connectivity index (χ0) is 39.7. The number of halogens is 2. The smallest absolute Gasteiger partial charge is 0.410 e. The van der Waals surface area contributed by atoms with E-state index in [1.165, 1.54) is 9.80 Å². The van der Waals surface area contributed by atoms with Crippen LogP contribution in [0.1, 0.15) is 76.8 Å². The summed E-state index contributed by atoms with van der Waals surface area (Å²) >= 11 is 0. The van der Waals surface area contributed by atoms with Crippen molar-refractivity contribution in [2.24, 2.45) is 5.92 Å². The van der Waals surface area contributed by atoms with Crippen LogP contribution in [0.15, 0.2) is 59.5 Å². The molecule has 2 aromatic rings. The highest BCUT2D eigenvalue weighted by molar-refractivity contribution is 7.90. The molecule has 2 aromatic carbocycles. The van der Waals surface area contributed by atoms with Gasteiger partial charge >= 0.3 is 12.2 Å². The molecular weight excluding hydrogens is 741 g/mol. The summed E-state index contributed by atoms with van der Waals surface area (Å²) in [6.07, 6.45) is 3.50. The van der Waals surface area contributed by atoms with Crippen molar-refractivity contribution in [1.82, 2.24) is 25.2 Å². The van der Waals surface area contributed by atoms with Crippen molar-refractivity contribution in [2.45, 2.75) is 113 Å². The first-order valence-corrected chi connectivity index (χ1v) is 19.8. The monoisotopic (exact) mass is 785 g/mol. The minimum atomic E-state index is -4.93. The Bertz CT molecular complexity index is 1980. The Labute approximate surface area is 318 Å². The van der Waals surface area contributed by atoms with Gasteiger partial charge in [-0.25, -0.2) is 31.5 Å². The number of ether oxygens (including phenoxy) is 2. The lowest BCUT2D eigenvalue weighted by molar-refractivity contribution is -0.141. The molecule has 5 amide bonds. The molecule has 3 aliphatic heterocycles. The van der Waals surface area contributed by atoms with Crippen LogP contribution in [0.2, 0.25) is 0 Å². The van der Waals surface area contributed by atoms with Crippen LogP contribution in [0.3, 0.4) is 0 Å². The van der Waals surface area contributed by atoms with Crippen molar-refractivity contribution in [3.05, 3.63) is 77.4 Å². The molecule has 1 aliphatic carbocycles. The van der Waals surface area contributed by atoms with Crippen LogP contribution < -0.4 is 15.4 Å². The maximum absolute atomic E-state index is 14.5. The van der Waals surface area contributed by atoms with Gasteiger partial charge in [0.25, 0.3) is 15.9 Å². The number of carbonyl (C=O) groups excluding carboxylic acids is 5. The number of carbonyl (C=O) groups is 5. The third-order valence-electron chi connectivity index (χ3n) is 10.1. The number of sulfonamides is 1. The summed E-state index contributed by atoms with van der Waals surface area (Å²) in [5.74, 6) is -5.66. The van der Waals surface area contributed by atoms with Crippen LogP contribution in [0.5, 0.6) is 0 Å². The second kappa shape index (κ2) is 15.6. The molecule has 0 radical (unpaired) electrons. The minimum absolute atomic E-state index is 0.0281. The molecule has 0 spiro atoms. The Morgan fingerprint density at radius 3 is 2.40 bits per heavy atom. The van der Waals surface area contributed by atoms with Gasteiger partial charge in [0.05, 0.1) is 6.54 Å². The lowest BCUT2D eigenvalue weighted by Gasteiger charge is -2.30. The maximum Gasteiger partial charge on any atom is 0.410 e. The van der Waals surface area contributed by atoms with Gasteiger partial charge in [-0.3, -0.25) is 19.3 Å². The Kier molecular flexibility index (Phi) is 11.2. The summed E-state index contributed by atoms with van der Waals surface area (Å²) in [5.41, 5.74) is -0.775. The average molecular weight is 786 g/mol. The first-order valence-electron chi connectivity index (χ1n) is 18.3. The lowest BCUT2D eigenvalue weighted by Crippen LogP contribution is -2.58. The van der Waals surface area contributed by atoms with E-state index in [4.69, 9.17) is 9.47 Å². The number of hydrogen-bond acceptors (Lipinski definition) is 9. The molecule has 0 bridgehead atoms. The Morgan fingerprint density at radius 2 is 1.71 bits per heavy atom. The van der Waals surface area contributed by atoms with E-state index in [1.807, 2.05) is 35.1 Å². The van der Waals surface area contributed by atoms with E-state index in [9.17, 15) is 41.2 Å². The fourth-order valence-electron chi connectivity index (χ4n) is 7.25. The highest BCUT2D eigenvalue weighted by atomic mass is 32.2. The summed E-state index contributed by atoms with van der Waals surface area (Å²) in [4.78, 5) is 70.3. The molecule has 0 aromatic heterocycles. The molecule has 17 heteroatoms. The molecule has 1 saturated heterocycles. The number of allylic oxidation sites excluding steroid dienone is 1. The number of hydrogen-bond donors (Lipinski definition) is 3. The largest absolute Gasteiger partial charge is 0.444 e. The molecule has 296 valence electrons. The van der Waals surface area contributed by atoms with Crippen molar-refractivity contribution in [3.8, 4) is 0 Å². The summed E-state index contributed by atoms with van der Waals surface area (Å²) in [5, 5.41) is 5.31. The van der Waals surface area contributed by atoms with E-state index >= 15 is 0 Å². The van der Waals surface area contributed by atoms with Gasteiger partial charge in [-0.05, 0) is 75.8 Å². The van der Waals surface area contributed by atoms with E-state index in [-0.39, 0.29) is 25.8 Å². The molecule has 3 N–H and O–H groups in total. The number of nitrogens with zero attached hydrogens (tertiary/aromatic N) is 2. The number of amides is 5. The second-order valence-corrected chi connectivity index (χ2v) is 17.1. The molecule has 2 fully saturated rings. The van der Waals surface area contributed by atoms with E-state index in [0.29, 0.717) is 50.9 Å². The number of benzene rings is 2. The van der Waals surface area contributed by atoms with Gasteiger partial charge in [0.2, 0.25) is 11.8 Å². The molecule has 5 atom stereocenters. The normalized spacial score (nSPS) is 26.3. The van der Waals surface area contributed by atoms with Crippen molar-refractivity contribution in [1.29, 1.82) is 0 Å². The maximum atomic E-state index is 14.5. The summed E-state index contributed by atoms with van der Waals surface area (Å²) in [7, 11) is -4.93. The van der Waals surface area contributed by atoms with Crippen LogP contribution in [0.25, 0.3) is 0 Å². The van der Waals surface area contributed by atoms with E-state index in [1.54, 1.807) is 26.8 Å². The number of fused-ring (bicyclic) bond motifs is 3. The van der Waals surface area contributed by atoms with Crippen LogP contribution >= 0.6 is 0 Å². The van der Waals surface area contributed by atoms with Crippen LogP contribution in [0, 0.1) is 17.6 Å². The average Bonchev–Trinajstić information content (AvgIpc) is 3.41. The predicted molar refractivity (Wildman–Crippen MR) is 192 cm³/mol. The van der Waals surface area contributed by atoms with Crippen LogP contribution in [-0.4, -0.2) is 84.0 Å². The first kappa shape index (κ1) is 39.6. The quantitative estimate of drug-likeness (QED) is 0.375. The van der Waals surface area contributed by atoms with Gasteiger partial charge in [-0.1, -0.05) is 49.3 Å². The topological polar surface area (TPSA) is 181 Å². The fourth-order valence-corrected chi connectivity index (χ4v) is 8.37. The molecule has 55 heavy (non-hydrogen) atoms. The number of alkyl carbamates (subject to hydrolysis) is 1.